The summed E-state index contributed by atoms with van der Waals surface area (Å²) in [5.74, 6) is -0.112. The van der Waals surface area contributed by atoms with Crippen molar-refractivity contribution in [1.29, 1.82) is 0 Å². The van der Waals surface area contributed by atoms with E-state index in [1.165, 1.54) is 0 Å². The monoisotopic (exact) mass is 376 g/mol. The molecule has 7 heteroatoms. The minimum absolute atomic E-state index is 0.107. The van der Waals surface area contributed by atoms with Crippen molar-refractivity contribution in [3.05, 3.63) is 69.5 Å². The van der Waals surface area contributed by atoms with E-state index in [4.69, 9.17) is 32.4 Å². The minimum Gasteiger partial charge on any atom is -0.449 e. The number of ether oxygens (including phenoxy) is 1. The summed E-state index contributed by atoms with van der Waals surface area (Å²) in [6.45, 7) is 3.62. The fourth-order valence-corrected chi connectivity index (χ4v) is 2.73. The highest BCUT2D eigenvalue weighted by atomic mass is 35.5. The number of rotatable bonds is 4. The van der Waals surface area contributed by atoms with Crippen LogP contribution in [0.1, 0.15) is 34.8 Å². The van der Waals surface area contributed by atoms with Gasteiger partial charge in [-0.25, -0.2) is 4.79 Å². The van der Waals surface area contributed by atoms with Crippen molar-refractivity contribution in [1.82, 2.24) is 10.2 Å². The molecule has 0 radical (unpaired) electrons. The fourth-order valence-electron chi connectivity index (χ4n) is 2.17. The van der Waals surface area contributed by atoms with Crippen LogP contribution >= 0.6 is 23.2 Å². The van der Waals surface area contributed by atoms with Crippen LogP contribution < -0.4 is 0 Å². The molecular formula is C18H14Cl2N2O3. The molecule has 0 N–H and O–H groups in total. The molecule has 5 nitrogen and oxygen atoms in total. The predicted octanol–water partition coefficient (Wildman–Crippen LogP) is 5.27. The van der Waals surface area contributed by atoms with Gasteiger partial charge in [0.05, 0.1) is 15.6 Å². The van der Waals surface area contributed by atoms with E-state index in [1.807, 2.05) is 31.2 Å². The van der Waals surface area contributed by atoms with Gasteiger partial charge in [-0.2, -0.15) is 0 Å². The number of nitrogens with zero attached hydrogens (tertiary/aromatic N) is 2. The van der Waals surface area contributed by atoms with Crippen LogP contribution in [0.5, 0.6) is 0 Å². The number of carbonyl (C=O) groups excluding carboxylic acids is 1. The van der Waals surface area contributed by atoms with E-state index in [9.17, 15) is 4.79 Å². The maximum absolute atomic E-state index is 12.3. The molecule has 0 aliphatic heterocycles. The van der Waals surface area contributed by atoms with Crippen molar-refractivity contribution in [3.63, 3.8) is 0 Å². The summed E-state index contributed by atoms with van der Waals surface area (Å²) in [4.78, 5) is 12.3. The Labute approximate surface area is 154 Å². The van der Waals surface area contributed by atoms with Gasteiger partial charge in [0.25, 0.3) is 5.89 Å². The van der Waals surface area contributed by atoms with Crippen LogP contribution in [0.4, 0.5) is 0 Å². The smallest absolute Gasteiger partial charge is 0.341 e. The van der Waals surface area contributed by atoms with E-state index < -0.39 is 12.1 Å². The van der Waals surface area contributed by atoms with Gasteiger partial charge in [-0.05, 0) is 38.1 Å². The molecular weight excluding hydrogens is 363 g/mol. The second-order valence-corrected chi connectivity index (χ2v) is 6.27. The molecule has 1 aromatic heterocycles. The lowest BCUT2D eigenvalue weighted by Gasteiger charge is -2.11. The number of aryl methyl sites for hydroxylation is 1. The third kappa shape index (κ3) is 3.83. The van der Waals surface area contributed by atoms with Gasteiger partial charge in [-0.15, -0.1) is 10.2 Å². The quantitative estimate of drug-likeness (QED) is 0.580. The van der Waals surface area contributed by atoms with Gasteiger partial charge >= 0.3 is 5.97 Å². The van der Waals surface area contributed by atoms with Crippen LogP contribution in [-0.4, -0.2) is 16.2 Å². The first kappa shape index (κ1) is 17.5. The van der Waals surface area contributed by atoms with Crippen molar-refractivity contribution in [2.75, 3.05) is 0 Å². The molecule has 0 bridgehead atoms. The predicted molar refractivity (Wildman–Crippen MR) is 94.8 cm³/mol. The molecule has 1 heterocycles. The van der Waals surface area contributed by atoms with Gasteiger partial charge in [0, 0.05) is 5.56 Å². The lowest BCUT2D eigenvalue weighted by Crippen LogP contribution is -2.10. The van der Waals surface area contributed by atoms with E-state index in [0.717, 1.165) is 11.1 Å². The van der Waals surface area contributed by atoms with E-state index in [0.29, 0.717) is 5.89 Å². The summed E-state index contributed by atoms with van der Waals surface area (Å²) >= 11 is 12.0. The summed E-state index contributed by atoms with van der Waals surface area (Å²) in [6.07, 6.45) is -0.744. The number of aromatic nitrogens is 2. The Balaban J connectivity index is 1.77. The van der Waals surface area contributed by atoms with Crippen LogP contribution in [-0.2, 0) is 4.74 Å². The largest absolute Gasteiger partial charge is 0.449 e. The third-order valence-corrected chi connectivity index (χ3v) is 4.17. The number of halogens is 2. The first-order chi connectivity index (χ1) is 12.0. The third-order valence-electron chi connectivity index (χ3n) is 3.54. The number of carbonyl (C=O) groups is 1. The lowest BCUT2D eigenvalue weighted by molar-refractivity contribution is 0.0280. The lowest BCUT2D eigenvalue weighted by atomic mass is 10.1. The van der Waals surface area contributed by atoms with Gasteiger partial charge in [-0.3, -0.25) is 0 Å². The average Bonchev–Trinajstić information content (AvgIpc) is 3.05. The van der Waals surface area contributed by atoms with Crippen molar-refractivity contribution < 1.29 is 13.9 Å². The van der Waals surface area contributed by atoms with Gasteiger partial charge in [0.2, 0.25) is 5.89 Å². The fraction of sp³-hybridized carbons (Fsp3) is 0.167. The summed E-state index contributed by atoms with van der Waals surface area (Å²) in [5.41, 5.74) is 2.02. The van der Waals surface area contributed by atoms with E-state index in [-0.39, 0.29) is 21.5 Å². The number of hydrogen-bond acceptors (Lipinski definition) is 5. The van der Waals surface area contributed by atoms with Gasteiger partial charge in [0.1, 0.15) is 0 Å². The molecule has 1 atom stereocenters. The molecule has 3 aromatic rings. The van der Waals surface area contributed by atoms with Crippen LogP contribution in [0.2, 0.25) is 10.0 Å². The Bertz CT molecular complexity index is 887. The molecule has 0 fully saturated rings. The first-order valence-corrected chi connectivity index (χ1v) is 8.26. The summed E-state index contributed by atoms with van der Waals surface area (Å²) in [7, 11) is 0. The zero-order chi connectivity index (χ0) is 18.0. The van der Waals surface area contributed by atoms with Crippen LogP contribution in [0.15, 0.2) is 46.9 Å². The molecule has 2 aromatic carbocycles. The Morgan fingerprint density at radius 1 is 1.08 bits per heavy atom. The Hall–Kier alpha value is -2.37. The molecule has 0 aliphatic carbocycles. The number of benzene rings is 2. The zero-order valence-electron chi connectivity index (χ0n) is 13.5. The van der Waals surface area contributed by atoms with Crippen LogP contribution in [0.25, 0.3) is 11.5 Å². The average molecular weight is 377 g/mol. The van der Waals surface area contributed by atoms with Gasteiger partial charge in [-0.1, -0.05) is 47.0 Å². The SMILES string of the molecule is Cc1ccc(-c2nnc([C@H](C)OC(=O)c3c(Cl)cccc3Cl)o2)cc1. The second-order valence-electron chi connectivity index (χ2n) is 5.46. The molecule has 25 heavy (non-hydrogen) atoms. The highest BCUT2D eigenvalue weighted by Crippen LogP contribution is 2.28. The van der Waals surface area contributed by atoms with Crippen LogP contribution in [0, 0.1) is 6.92 Å². The summed E-state index contributed by atoms with van der Waals surface area (Å²) in [6, 6.07) is 12.4. The molecule has 0 spiro atoms. The molecule has 0 amide bonds. The summed E-state index contributed by atoms with van der Waals surface area (Å²) < 4.78 is 11.0. The highest BCUT2D eigenvalue weighted by Gasteiger charge is 2.23. The number of hydrogen-bond donors (Lipinski definition) is 0. The Morgan fingerprint density at radius 2 is 1.72 bits per heavy atom. The Morgan fingerprint density at radius 3 is 2.36 bits per heavy atom. The standard InChI is InChI=1S/C18H14Cl2N2O3/c1-10-6-8-12(9-7-10)17-22-21-16(25-17)11(2)24-18(23)15-13(19)4-3-5-14(15)20/h3-9,11H,1-2H3/t11-/m0/s1. The molecule has 0 saturated heterocycles. The number of esters is 1. The maximum Gasteiger partial charge on any atom is 0.341 e. The molecule has 3 rings (SSSR count). The highest BCUT2D eigenvalue weighted by molar-refractivity contribution is 6.39. The maximum atomic E-state index is 12.3. The van der Waals surface area contributed by atoms with Crippen molar-refractivity contribution in [3.8, 4) is 11.5 Å². The van der Waals surface area contributed by atoms with Crippen LogP contribution in [0.3, 0.4) is 0 Å². The minimum atomic E-state index is -0.744. The topological polar surface area (TPSA) is 65.2 Å². The molecule has 0 unspecified atom stereocenters. The van der Waals surface area contributed by atoms with E-state index >= 15 is 0 Å². The van der Waals surface area contributed by atoms with Gasteiger partial charge < -0.3 is 9.15 Å². The van der Waals surface area contributed by atoms with Gasteiger partial charge in [0.15, 0.2) is 6.10 Å². The molecule has 128 valence electrons. The second kappa shape index (κ2) is 7.25. The Kier molecular flexibility index (Phi) is 5.06. The normalized spacial score (nSPS) is 12.0. The molecule has 0 aliphatic rings. The van der Waals surface area contributed by atoms with E-state index in [2.05, 4.69) is 10.2 Å². The van der Waals surface area contributed by atoms with E-state index in [1.54, 1.807) is 25.1 Å². The first-order valence-electron chi connectivity index (χ1n) is 7.51. The van der Waals surface area contributed by atoms with Crippen molar-refractivity contribution in [2.45, 2.75) is 20.0 Å². The molecule has 0 saturated carbocycles. The van der Waals surface area contributed by atoms with Crippen molar-refractivity contribution >= 4 is 29.2 Å². The summed E-state index contributed by atoms with van der Waals surface area (Å²) in [5, 5.41) is 8.38. The van der Waals surface area contributed by atoms with Crippen molar-refractivity contribution in [2.24, 2.45) is 0 Å². The zero-order valence-corrected chi connectivity index (χ0v) is 15.0.